The molecule has 1 saturated heterocycles. The highest BCUT2D eigenvalue weighted by molar-refractivity contribution is 5.74. The van der Waals surface area contributed by atoms with Crippen molar-refractivity contribution in [2.75, 3.05) is 26.2 Å². The summed E-state index contributed by atoms with van der Waals surface area (Å²) in [5, 5.41) is 2.89. The number of amides is 2. The molecule has 0 bridgehead atoms. The average molecular weight is 459 g/mol. The fraction of sp³-hybridized carbons (Fsp3) is 0.269. The third-order valence-electron chi connectivity index (χ3n) is 6.10. The molecule has 2 amide bonds. The van der Waals surface area contributed by atoms with E-state index in [1.165, 1.54) is 17.7 Å². The van der Waals surface area contributed by atoms with Crippen LogP contribution in [-0.2, 0) is 13.1 Å². The number of carbonyl (C=O) groups excluding carboxylic acids is 1. The summed E-state index contributed by atoms with van der Waals surface area (Å²) in [7, 11) is 0. The molecular weight excluding hydrogens is 431 g/mol. The number of hydrogen-bond donors (Lipinski definition) is 1. The van der Waals surface area contributed by atoms with Gasteiger partial charge in [0.1, 0.15) is 17.2 Å². The summed E-state index contributed by atoms with van der Waals surface area (Å²) in [6.45, 7) is 5.80. The van der Waals surface area contributed by atoms with Crippen molar-refractivity contribution in [3.63, 3.8) is 0 Å². The van der Waals surface area contributed by atoms with Crippen LogP contribution in [0.2, 0.25) is 0 Å². The minimum absolute atomic E-state index is 0.125. The summed E-state index contributed by atoms with van der Waals surface area (Å²) in [5.74, 6) is 0.635. The number of piperazine rings is 1. The molecule has 7 nitrogen and oxygen atoms in total. The fourth-order valence-electron chi connectivity index (χ4n) is 4.35. The fourth-order valence-corrected chi connectivity index (χ4v) is 4.35. The van der Waals surface area contributed by atoms with Crippen molar-refractivity contribution in [2.45, 2.75) is 20.0 Å². The van der Waals surface area contributed by atoms with Gasteiger partial charge in [-0.2, -0.15) is 0 Å². The summed E-state index contributed by atoms with van der Waals surface area (Å²) in [6.07, 6.45) is 1.79. The highest BCUT2D eigenvalue weighted by atomic mass is 19.1. The van der Waals surface area contributed by atoms with Crippen LogP contribution >= 0.6 is 0 Å². The molecule has 2 aromatic carbocycles. The first-order chi connectivity index (χ1) is 16.6. The van der Waals surface area contributed by atoms with Gasteiger partial charge in [0.15, 0.2) is 5.65 Å². The zero-order valence-corrected chi connectivity index (χ0v) is 19.1. The standard InChI is InChI=1S/C26H27FN6O/c1-19-5-2-8-22(15-19)33-24(30-23-9-4-10-28-25(23)33)18-31-11-13-32(14-12-31)26(34)29-17-20-6-3-7-21(27)16-20/h2-10,15-16H,11-14,17-18H2,1H3,(H,29,34). The molecule has 1 aliphatic rings. The highest BCUT2D eigenvalue weighted by Crippen LogP contribution is 2.22. The van der Waals surface area contributed by atoms with E-state index in [0.29, 0.717) is 26.2 Å². The topological polar surface area (TPSA) is 66.3 Å². The first-order valence-electron chi connectivity index (χ1n) is 11.5. The predicted molar refractivity (Wildman–Crippen MR) is 129 cm³/mol. The second kappa shape index (κ2) is 9.61. The molecule has 3 heterocycles. The lowest BCUT2D eigenvalue weighted by molar-refractivity contribution is 0.133. The van der Waals surface area contributed by atoms with Crippen LogP contribution in [0.3, 0.4) is 0 Å². The van der Waals surface area contributed by atoms with Gasteiger partial charge in [-0.15, -0.1) is 0 Å². The number of urea groups is 1. The van der Waals surface area contributed by atoms with Gasteiger partial charge in [0, 0.05) is 44.6 Å². The first-order valence-corrected chi connectivity index (χ1v) is 11.5. The van der Waals surface area contributed by atoms with E-state index in [2.05, 4.69) is 44.9 Å². The van der Waals surface area contributed by atoms with E-state index in [1.54, 1.807) is 23.2 Å². The Hall–Kier alpha value is -3.78. The first kappa shape index (κ1) is 22.0. The molecule has 1 N–H and O–H groups in total. The zero-order valence-electron chi connectivity index (χ0n) is 19.1. The van der Waals surface area contributed by atoms with E-state index >= 15 is 0 Å². The molecule has 1 aliphatic heterocycles. The molecule has 174 valence electrons. The van der Waals surface area contributed by atoms with Gasteiger partial charge >= 0.3 is 6.03 Å². The Morgan fingerprint density at radius 2 is 1.85 bits per heavy atom. The van der Waals surface area contributed by atoms with Crippen LogP contribution in [0.25, 0.3) is 16.9 Å². The number of carbonyl (C=O) groups is 1. The van der Waals surface area contributed by atoms with Gasteiger partial charge in [0.05, 0.1) is 6.54 Å². The Bertz CT molecular complexity index is 1310. The van der Waals surface area contributed by atoms with Gasteiger partial charge in [-0.05, 0) is 54.4 Å². The number of benzene rings is 2. The number of nitrogens with zero attached hydrogens (tertiary/aromatic N) is 5. The zero-order chi connectivity index (χ0) is 23.5. The normalized spacial score (nSPS) is 14.5. The quantitative estimate of drug-likeness (QED) is 0.493. The smallest absolute Gasteiger partial charge is 0.317 e. The van der Waals surface area contributed by atoms with Gasteiger partial charge in [0.2, 0.25) is 0 Å². The van der Waals surface area contributed by atoms with Gasteiger partial charge in [-0.3, -0.25) is 9.47 Å². The lowest BCUT2D eigenvalue weighted by Crippen LogP contribution is -2.51. The summed E-state index contributed by atoms with van der Waals surface area (Å²) < 4.78 is 15.5. The van der Waals surface area contributed by atoms with Gasteiger partial charge < -0.3 is 10.2 Å². The number of hydrogen-bond acceptors (Lipinski definition) is 4. The minimum Gasteiger partial charge on any atom is -0.334 e. The molecule has 0 unspecified atom stereocenters. The van der Waals surface area contributed by atoms with E-state index in [4.69, 9.17) is 4.98 Å². The predicted octanol–water partition coefficient (Wildman–Crippen LogP) is 3.90. The molecular formula is C26H27FN6O. The average Bonchev–Trinajstić information content (AvgIpc) is 3.21. The highest BCUT2D eigenvalue weighted by Gasteiger charge is 2.23. The van der Waals surface area contributed by atoms with Crippen molar-refractivity contribution in [2.24, 2.45) is 0 Å². The van der Waals surface area contributed by atoms with E-state index in [-0.39, 0.29) is 11.8 Å². The Balaban J connectivity index is 1.25. The summed E-state index contributed by atoms with van der Waals surface area (Å²) in [4.78, 5) is 26.2. The maximum absolute atomic E-state index is 13.4. The molecule has 0 aliphatic carbocycles. The Morgan fingerprint density at radius 1 is 1.03 bits per heavy atom. The number of fused-ring (bicyclic) bond motifs is 1. The van der Waals surface area contributed by atoms with Gasteiger partial charge in [0.25, 0.3) is 0 Å². The maximum atomic E-state index is 13.4. The number of pyridine rings is 1. The van der Waals surface area contributed by atoms with Crippen LogP contribution in [0, 0.1) is 12.7 Å². The summed E-state index contributed by atoms with van der Waals surface area (Å²) in [6, 6.07) is 18.4. The lowest BCUT2D eigenvalue weighted by Gasteiger charge is -2.34. The molecule has 2 aromatic heterocycles. The molecule has 8 heteroatoms. The van der Waals surface area contributed by atoms with E-state index in [1.807, 2.05) is 18.2 Å². The molecule has 34 heavy (non-hydrogen) atoms. The second-order valence-electron chi connectivity index (χ2n) is 8.60. The molecule has 4 aromatic rings. The van der Waals surface area contributed by atoms with E-state index in [0.717, 1.165) is 41.3 Å². The summed E-state index contributed by atoms with van der Waals surface area (Å²) >= 11 is 0. The number of imidazole rings is 1. The van der Waals surface area contributed by atoms with Crippen molar-refractivity contribution < 1.29 is 9.18 Å². The number of aryl methyl sites for hydroxylation is 1. The Morgan fingerprint density at radius 3 is 2.65 bits per heavy atom. The SMILES string of the molecule is Cc1cccc(-n2c(CN3CCN(C(=O)NCc4cccc(F)c4)CC3)nc3cccnc32)c1. The van der Waals surface area contributed by atoms with Crippen molar-refractivity contribution in [1.29, 1.82) is 0 Å². The van der Waals surface area contributed by atoms with Crippen LogP contribution in [0.4, 0.5) is 9.18 Å². The molecule has 0 saturated carbocycles. The van der Waals surface area contributed by atoms with Crippen molar-refractivity contribution in [1.82, 2.24) is 29.7 Å². The van der Waals surface area contributed by atoms with E-state index in [9.17, 15) is 9.18 Å². The molecule has 0 spiro atoms. The maximum Gasteiger partial charge on any atom is 0.317 e. The minimum atomic E-state index is -0.299. The van der Waals surface area contributed by atoms with Crippen LogP contribution < -0.4 is 5.32 Å². The molecule has 5 rings (SSSR count). The number of halogens is 1. The van der Waals surface area contributed by atoms with Crippen LogP contribution in [0.5, 0.6) is 0 Å². The third-order valence-corrected chi connectivity index (χ3v) is 6.10. The summed E-state index contributed by atoms with van der Waals surface area (Å²) in [5.41, 5.74) is 4.69. The van der Waals surface area contributed by atoms with Crippen LogP contribution in [-0.4, -0.2) is 56.5 Å². The van der Waals surface area contributed by atoms with Gasteiger partial charge in [-0.25, -0.2) is 19.2 Å². The van der Waals surface area contributed by atoms with Gasteiger partial charge in [-0.1, -0.05) is 24.3 Å². The monoisotopic (exact) mass is 458 g/mol. The second-order valence-corrected chi connectivity index (χ2v) is 8.60. The van der Waals surface area contributed by atoms with Crippen LogP contribution in [0.1, 0.15) is 17.0 Å². The van der Waals surface area contributed by atoms with Crippen LogP contribution in [0.15, 0.2) is 66.9 Å². The Kier molecular flexibility index (Phi) is 6.22. The van der Waals surface area contributed by atoms with Crippen molar-refractivity contribution >= 4 is 17.2 Å². The van der Waals surface area contributed by atoms with E-state index < -0.39 is 0 Å². The molecule has 0 radical (unpaired) electrons. The number of aromatic nitrogens is 3. The Labute approximate surface area is 197 Å². The van der Waals surface area contributed by atoms with Crippen molar-refractivity contribution in [3.05, 3.63) is 89.6 Å². The number of rotatable bonds is 5. The molecule has 1 fully saturated rings. The molecule has 0 atom stereocenters. The number of nitrogens with one attached hydrogen (secondary N) is 1. The largest absolute Gasteiger partial charge is 0.334 e. The third kappa shape index (κ3) is 4.77. The lowest BCUT2D eigenvalue weighted by atomic mass is 10.2. The van der Waals surface area contributed by atoms with Crippen molar-refractivity contribution in [3.8, 4) is 5.69 Å².